The van der Waals surface area contributed by atoms with E-state index in [0.29, 0.717) is 24.5 Å². The standard InChI is InChI=1S/C14H19N5O2/c1-9(2)13-17-8-10(12(18-13)14(20)21)15-5-4-11-16-6-7-19(11)3/h6-9,15H,4-5H2,1-3H3,(H,20,21). The lowest BCUT2D eigenvalue weighted by molar-refractivity contribution is 0.0691. The van der Waals surface area contributed by atoms with E-state index < -0.39 is 5.97 Å². The highest BCUT2D eigenvalue weighted by molar-refractivity contribution is 5.91. The van der Waals surface area contributed by atoms with Crippen LogP contribution in [0, 0.1) is 0 Å². The van der Waals surface area contributed by atoms with Crippen LogP contribution >= 0.6 is 0 Å². The molecule has 2 aromatic heterocycles. The third-order valence-electron chi connectivity index (χ3n) is 3.11. The quantitative estimate of drug-likeness (QED) is 0.840. The topological polar surface area (TPSA) is 92.9 Å². The van der Waals surface area contributed by atoms with Crippen LogP contribution < -0.4 is 5.32 Å². The van der Waals surface area contributed by atoms with Crippen LogP contribution in [0.2, 0.25) is 0 Å². The molecule has 0 spiro atoms. The number of hydrogen-bond donors (Lipinski definition) is 2. The maximum Gasteiger partial charge on any atom is 0.356 e. The van der Waals surface area contributed by atoms with Gasteiger partial charge in [0.05, 0.1) is 11.9 Å². The molecular weight excluding hydrogens is 270 g/mol. The van der Waals surface area contributed by atoms with Gasteiger partial charge in [0.2, 0.25) is 0 Å². The number of nitrogens with zero attached hydrogens (tertiary/aromatic N) is 4. The first-order chi connectivity index (χ1) is 9.99. The predicted octanol–water partition coefficient (Wildman–Crippen LogP) is 1.69. The van der Waals surface area contributed by atoms with Gasteiger partial charge in [0, 0.05) is 38.3 Å². The molecular formula is C14H19N5O2. The van der Waals surface area contributed by atoms with E-state index in [1.54, 1.807) is 6.20 Å². The summed E-state index contributed by atoms with van der Waals surface area (Å²) < 4.78 is 1.93. The Balaban J connectivity index is 2.09. The summed E-state index contributed by atoms with van der Waals surface area (Å²) in [4.78, 5) is 23.8. The van der Waals surface area contributed by atoms with Crippen molar-refractivity contribution < 1.29 is 9.90 Å². The van der Waals surface area contributed by atoms with Gasteiger partial charge in [0.15, 0.2) is 5.69 Å². The van der Waals surface area contributed by atoms with Gasteiger partial charge in [-0.25, -0.2) is 19.7 Å². The van der Waals surface area contributed by atoms with Crippen molar-refractivity contribution in [3.63, 3.8) is 0 Å². The molecule has 0 aromatic carbocycles. The molecule has 2 heterocycles. The summed E-state index contributed by atoms with van der Waals surface area (Å²) in [5.74, 6) is 0.490. The summed E-state index contributed by atoms with van der Waals surface area (Å²) in [5.41, 5.74) is 0.439. The smallest absolute Gasteiger partial charge is 0.356 e. The zero-order valence-electron chi connectivity index (χ0n) is 12.4. The Morgan fingerprint density at radius 1 is 1.43 bits per heavy atom. The minimum Gasteiger partial charge on any atom is -0.476 e. The number of aromatic nitrogens is 4. The molecule has 2 N–H and O–H groups in total. The van der Waals surface area contributed by atoms with Crippen LogP contribution in [0.5, 0.6) is 0 Å². The van der Waals surface area contributed by atoms with Crippen LogP contribution in [-0.2, 0) is 13.5 Å². The molecule has 21 heavy (non-hydrogen) atoms. The van der Waals surface area contributed by atoms with Crippen molar-refractivity contribution in [1.29, 1.82) is 0 Å². The predicted molar refractivity (Wildman–Crippen MR) is 78.5 cm³/mol. The highest BCUT2D eigenvalue weighted by atomic mass is 16.4. The molecule has 2 rings (SSSR count). The first-order valence-electron chi connectivity index (χ1n) is 6.79. The second-order valence-corrected chi connectivity index (χ2v) is 5.08. The van der Waals surface area contributed by atoms with Crippen molar-refractivity contribution in [3.05, 3.63) is 35.9 Å². The lowest BCUT2D eigenvalue weighted by Crippen LogP contribution is -2.15. The molecule has 0 aliphatic heterocycles. The molecule has 2 aromatic rings. The number of carboxylic acid groups (broad SMARTS) is 1. The normalized spacial score (nSPS) is 10.9. The monoisotopic (exact) mass is 289 g/mol. The Kier molecular flexibility index (Phi) is 4.52. The number of aryl methyl sites for hydroxylation is 1. The third kappa shape index (κ3) is 3.56. The molecule has 0 atom stereocenters. The van der Waals surface area contributed by atoms with Crippen LogP contribution in [0.25, 0.3) is 0 Å². The Labute approximate surface area is 123 Å². The number of nitrogens with one attached hydrogen (secondary N) is 1. The van der Waals surface area contributed by atoms with Crippen molar-refractivity contribution in [2.45, 2.75) is 26.2 Å². The largest absolute Gasteiger partial charge is 0.476 e. The molecule has 0 radical (unpaired) electrons. The van der Waals surface area contributed by atoms with Crippen molar-refractivity contribution in [3.8, 4) is 0 Å². The van der Waals surface area contributed by atoms with E-state index in [1.807, 2.05) is 31.7 Å². The first kappa shape index (κ1) is 15.0. The molecule has 0 amide bonds. The third-order valence-corrected chi connectivity index (χ3v) is 3.11. The second-order valence-electron chi connectivity index (χ2n) is 5.08. The zero-order chi connectivity index (χ0) is 15.4. The van der Waals surface area contributed by atoms with Crippen LogP contribution in [-0.4, -0.2) is 37.1 Å². The highest BCUT2D eigenvalue weighted by Gasteiger charge is 2.15. The molecule has 7 heteroatoms. The van der Waals surface area contributed by atoms with Gasteiger partial charge in [-0.15, -0.1) is 0 Å². The van der Waals surface area contributed by atoms with E-state index in [4.69, 9.17) is 0 Å². The van der Waals surface area contributed by atoms with Crippen molar-refractivity contribution in [2.24, 2.45) is 7.05 Å². The Morgan fingerprint density at radius 3 is 2.76 bits per heavy atom. The second kappa shape index (κ2) is 6.34. The van der Waals surface area contributed by atoms with Gasteiger partial charge in [-0.1, -0.05) is 13.8 Å². The van der Waals surface area contributed by atoms with Crippen LogP contribution in [0.4, 0.5) is 5.69 Å². The molecule has 0 unspecified atom stereocenters. The van der Waals surface area contributed by atoms with E-state index >= 15 is 0 Å². The van der Waals surface area contributed by atoms with Crippen molar-refractivity contribution >= 4 is 11.7 Å². The zero-order valence-corrected chi connectivity index (χ0v) is 12.4. The maximum absolute atomic E-state index is 11.3. The van der Waals surface area contributed by atoms with E-state index in [9.17, 15) is 9.90 Å². The number of carbonyl (C=O) groups is 1. The minimum atomic E-state index is -1.06. The van der Waals surface area contributed by atoms with Crippen molar-refractivity contribution in [1.82, 2.24) is 19.5 Å². The summed E-state index contributed by atoms with van der Waals surface area (Å²) in [6.45, 7) is 4.42. The first-order valence-corrected chi connectivity index (χ1v) is 6.79. The Hall–Kier alpha value is -2.44. The molecule has 0 aliphatic rings. The number of imidazole rings is 1. The van der Waals surface area contributed by atoms with Gasteiger partial charge < -0.3 is 15.0 Å². The number of aromatic carboxylic acids is 1. The number of hydrogen-bond acceptors (Lipinski definition) is 5. The average Bonchev–Trinajstić information content (AvgIpc) is 2.84. The van der Waals surface area contributed by atoms with Gasteiger partial charge >= 0.3 is 5.97 Å². The summed E-state index contributed by atoms with van der Waals surface area (Å²) in [7, 11) is 1.92. The molecule has 0 bridgehead atoms. The number of carboxylic acids is 1. The molecule has 0 saturated carbocycles. The molecule has 0 fully saturated rings. The van der Waals surface area contributed by atoms with Gasteiger partial charge in [-0.05, 0) is 0 Å². The van der Waals surface area contributed by atoms with Crippen molar-refractivity contribution in [2.75, 3.05) is 11.9 Å². The molecule has 7 nitrogen and oxygen atoms in total. The van der Waals surface area contributed by atoms with Crippen LogP contribution in [0.1, 0.15) is 41.9 Å². The molecule has 0 saturated heterocycles. The van der Waals surface area contributed by atoms with E-state index in [-0.39, 0.29) is 11.6 Å². The lowest BCUT2D eigenvalue weighted by Gasteiger charge is -2.11. The van der Waals surface area contributed by atoms with Gasteiger partial charge in [0.25, 0.3) is 0 Å². The fraction of sp³-hybridized carbons (Fsp3) is 0.429. The maximum atomic E-state index is 11.3. The van der Waals surface area contributed by atoms with Crippen LogP contribution in [0.3, 0.4) is 0 Å². The SMILES string of the molecule is CC(C)c1ncc(NCCc2nccn2C)c(C(=O)O)n1. The Bertz CT molecular complexity index is 636. The molecule has 0 aliphatic carbocycles. The summed E-state index contributed by atoms with van der Waals surface area (Å²) in [5, 5.41) is 12.3. The minimum absolute atomic E-state index is 0.00791. The van der Waals surface area contributed by atoms with E-state index in [1.165, 1.54) is 6.20 Å². The van der Waals surface area contributed by atoms with Gasteiger partial charge in [0.1, 0.15) is 11.6 Å². The lowest BCUT2D eigenvalue weighted by atomic mass is 10.2. The summed E-state index contributed by atoms with van der Waals surface area (Å²) in [6.07, 6.45) is 5.83. The molecule has 112 valence electrons. The number of rotatable bonds is 6. The summed E-state index contributed by atoms with van der Waals surface area (Å²) in [6, 6.07) is 0. The number of anilines is 1. The van der Waals surface area contributed by atoms with E-state index in [0.717, 1.165) is 5.82 Å². The summed E-state index contributed by atoms with van der Waals surface area (Å²) >= 11 is 0. The fourth-order valence-corrected chi connectivity index (χ4v) is 1.91. The Morgan fingerprint density at radius 2 is 2.19 bits per heavy atom. The fourth-order valence-electron chi connectivity index (χ4n) is 1.91. The van der Waals surface area contributed by atoms with E-state index in [2.05, 4.69) is 20.3 Å². The van der Waals surface area contributed by atoms with Gasteiger partial charge in [-0.3, -0.25) is 0 Å². The van der Waals surface area contributed by atoms with Crippen LogP contribution in [0.15, 0.2) is 18.6 Å². The highest BCUT2D eigenvalue weighted by Crippen LogP contribution is 2.16. The van der Waals surface area contributed by atoms with Gasteiger partial charge in [-0.2, -0.15) is 0 Å². The average molecular weight is 289 g/mol.